The van der Waals surface area contributed by atoms with Crippen LogP contribution >= 0.6 is 12.2 Å². The third kappa shape index (κ3) is 3.12. The smallest absolute Gasteiger partial charge is 0.310 e. The van der Waals surface area contributed by atoms with Crippen molar-refractivity contribution in [2.45, 2.75) is 26.2 Å². The first kappa shape index (κ1) is 17.4. The number of rotatable bonds is 5. The highest BCUT2D eigenvalue weighted by atomic mass is 32.1. The molecule has 1 aliphatic heterocycles. The van der Waals surface area contributed by atoms with E-state index >= 15 is 0 Å². The lowest BCUT2D eigenvalue weighted by Crippen LogP contribution is -2.13. The highest BCUT2D eigenvalue weighted by Crippen LogP contribution is 2.43. The van der Waals surface area contributed by atoms with Crippen LogP contribution in [-0.2, 0) is 11.2 Å². The van der Waals surface area contributed by atoms with E-state index in [0.717, 1.165) is 23.1 Å². The van der Waals surface area contributed by atoms with Crippen LogP contribution in [0.5, 0.6) is 11.5 Å². The zero-order valence-electron chi connectivity index (χ0n) is 14.5. The number of carboxylic acids is 1. The van der Waals surface area contributed by atoms with Crippen molar-refractivity contribution in [3.8, 4) is 11.5 Å². The van der Waals surface area contributed by atoms with E-state index < -0.39 is 11.9 Å². The number of hydrogen-bond acceptors (Lipinski definition) is 4. The molecular weight excluding hydrogens is 336 g/mol. The van der Waals surface area contributed by atoms with Gasteiger partial charge in [-0.2, -0.15) is 0 Å². The first-order chi connectivity index (χ1) is 11.9. The Kier molecular flexibility index (Phi) is 4.77. The molecule has 1 N–H and O–H groups in total. The number of ether oxygens (including phenoxy) is 2. The third-order valence-corrected chi connectivity index (χ3v) is 4.98. The minimum Gasteiger partial charge on any atom is -0.496 e. The Balaban J connectivity index is 2.22. The number of fused-ring (bicyclic) bond motifs is 1. The van der Waals surface area contributed by atoms with E-state index in [1.165, 1.54) is 7.11 Å². The van der Waals surface area contributed by atoms with E-state index in [1.54, 1.807) is 6.92 Å². The monoisotopic (exact) mass is 356 g/mol. The average molecular weight is 356 g/mol. The first-order valence-corrected chi connectivity index (χ1v) is 8.55. The molecule has 0 saturated heterocycles. The lowest BCUT2D eigenvalue weighted by atomic mass is 9.91. The van der Waals surface area contributed by atoms with Crippen molar-refractivity contribution in [1.82, 2.24) is 0 Å². The zero-order valence-corrected chi connectivity index (χ0v) is 15.3. The van der Waals surface area contributed by atoms with E-state index in [1.807, 2.05) is 37.3 Å². The molecule has 2 aromatic carbocycles. The number of carboxylic acid groups (broad SMARTS) is 1. The van der Waals surface area contributed by atoms with Gasteiger partial charge in [0.15, 0.2) is 0 Å². The zero-order chi connectivity index (χ0) is 18.1. The Morgan fingerprint density at radius 2 is 2.00 bits per heavy atom. The fourth-order valence-corrected chi connectivity index (χ4v) is 3.39. The molecule has 3 rings (SSSR count). The fraction of sp³-hybridized carbons (Fsp3) is 0.300. The van der Waals surface area contributed by atoms with Crippen molar-refractivity contribution in [1.29, 1.82) is 0 Å². The number of hydrogen-bond donors (Lipinski definition) is 1. The van der Waals surface area contributed by atoms with Crippen LogP contribution in [0, 0.1) is 6.92 Å². The molecule has 0 radical (unpaired) electrons. The summed E-state index contributed by atoms with van der Waals surface area (Å²) in [6.45, 7) is 4.23. The number of carbonyl (C=O) groups is 1. The summed E-state index contributed by atoms with van der Waals surface area (Å²) in [6, 6.07) is 9.80. The van der Waals surface area contributed by atoms with Gasteiger partial charge in [-0.25, -0.2) is 0 Å². The lowest BCUT2D eigenvalue weighted by molar-refractivity contribution is -0.138. The maximum atomic E-state index is 11.5. The molecule has 25 heavy (non-hydrogen) atoms. The largest absolute Gasteiger partial charge is 0.496 e. The summed E-state index contributed by atoms with van der Waals surface area (Å²) in [5, 5.41) is 9.46. The molecule has 1 unspecified atom stereocenters. The first-order valence-electron chi connectivity index (χ1n) is 8.14. The molecule has 0 fully saturated rings. The molecule has 2 aromatic rings. The number of aliphatic carboxylic acids is 1. The van der Waals surface area contributed by atoms with Crippen LogP contribution in [0.15, 0.2) is 30.3 Å². The van der Waals surface area contributed by atoms with Gasteiger partial charge in [0, 0.05) is 12.0 Å². The van der Waals surface area contributed by atoms with Gasteiger partial charge in [-0.3, -0.25) is 4.79 Å². The van der Waals surface area contributed by atoms with Crippen molar-refractivity contribution in [3.63, 3.8) is 0 Å². The Bertz CT molecular complexity index is 840. The maximum absolute atomic E-state index is 11.5. The van der Waals surface area contributed by atoms with Crippen LogP contribution in [0.25, 0.3) is 0 Å². The highest BCUT2D eigenvalue weighted by molar-refractivity contribution is 7.81. The van der Waals surface area contributed by atoms with Crippen LogP contribution < -0.4 is 9.47 Å². The molecule has 1 aliphatic rings. The Morgan fingerprint density at radius 1 is 1.32 bits per heavy atom. The van der Waals surface area contributed by atoms with E-state index in [2.05, 4.69) is 0 Å². The summed E-state index contributed by atoms with van der Waals surface area (Å²) >= 11 is 5.73. The lowest BCUT2D eigenvalue weighted by Gasteiger charge is -2.20. The Hall–Kier alpha value is -2.40. The summed E-state index contributed by atoms with van der Waals surface area (Å²) in [5.41, 5.74) is 4.32. The van der Waals surface area contributed by atoms with Crippen molar-refractivity contribution < 1.29 is 19.4 Å². The minimum atomic E-state index is -0.899. The van der Waals surface area contributed by atoms with E-state index in [9.17, 15) is 9.90 Å². The molecule has 4 nitrogen and oxygen atoms in total. The molecule has 5 heteroatoms. The molecule has 0 amide bonds. The Labute approximate surface area is 152 Å². The van der Waals surface area contributed by atoms with Gasteiger partial charge in [-0.05, 0) is 31.0 Å². The van der Waals surface area contributed by atoms with Gasteiger partial charge in [0.1, 0.15) is 11.5 Å². The van der Waals surface area contributed by atoms with Gasteiger partial charge in [-0.15, -0.1) is 0 Å². The maximum Gasteiger partial charge on any atom is 0.310 e. The van der Waals surface area contributed by atoms with Crippen molar-refractivity contribution >= 4 is 23.1 Å². The second-order valence-corrected chi connectivity index (χ2v) is 6.62. The molecular formula is C20H20O4S. The average Bonchev–Trinajstić information content (AvgIpc) is 3.07. The molecule has 0 saturated carbocycles. The summed E-state index contributed by atoms with van der Waals surface area (Å²) in [6.07, 6.45) is 0.738. The normalized spacial score (nSPS) is 13.7. The van der Waals surface area contributed by atoms with Crippen LogP contribution in [0.2, 0.25) is 0 Å². The van der Waals surface area contributed by atoms with Gasteiger partial charge in [0.25, 0.3) is 0 Å². The second-order valence-electron chi connectivity index (χ2n) is 6.22. The molecule has 0 aromatic heterocycles. The SMILES string of the molecule is COc1c(C(C)C(=O)O)cc2c(c1C(=S)c1ccc(C)cc1)OCC2. The highest BCUT2D eigenvalue weighted by Gasteiger charge is 2.30. The van der Waals surface area contributed by atoms with Crippen molar-refractivity contribution in [2.24, 2.45) is 0 Å². The number of benzene rings is 2. The van der Waals surface area contributed by atoms with Crippen LogP contribution in [-0.4, -0.2) is 29.7 Å². The van der Waals surface area contributed by atoms with Gasteiger partial charge in [-0.1, -0.05) is 42.0 Å². The predicted octanol–water partition coefficient (Wildman–Crippen LogP) is 3.89. The van der Waals surface area contributed by atoms with Crippen LogP contribution in [0.3, 0.4) is 0 Å². The molecule has 130 valence electrons. The molecule has 0 bridgehead atoms. The third-order valence-electron chi connectivity index (χ3n) is 4.54. The number of thiocarbonyl (C=S) groups is 1. The van der Waals surface area contributed by atoms with Crippen LogP contribution in [0.4, 0.5) is 0 Å². The topological polar surface area (TPSA) is 55.8 Å². The van der Waals surface area contributed by atoms with E-state index in [4.69, 9.17) is 21.7 Å². The standard InChI is InChI=1S/C20H20O4S/c1-11-4-6-13(7-5-11)19(25)16-17-14(8-9-24-17)10-15(18(16)23-3)12(2)20(21)22/h4-7,10,12H,8-9H2,1-3H3,(H,21,22). The van der Waals surface area contributed by atoms with Crippen LogP contribution in [0.1, 0.15) is 40.7 Å². The summed E-state index contributed by atoms with van der Waals surface area (Å²) in [7, 11) is 1.54. The van der Waals surface area contributed by atoms with E-state index in [0.29, 0.717) is 34.1 Å². The Morgan fingerprint density at radius 3 is 2.60 bits per heavy atom. The summed E-state index contributed by atoms with van der Waals surface area (Å²) < 4.78 is 11.4. The van der Waals surface area contributed by atoms with Gasteiger partial charge >= 0.3 is 5.97 Å². The molecule has 1 heterocycles. The van der Waals surface area contributed by atoms with Crippen molar-refractivity contribution in [2.75, 3.05) is 13.7 Å². The number of aryl methyl sites for hydroxylation is 1. The second kappa shape index (κ2) is 6.84. The molecule has 0 spiro atoms. The fourth-order valence-electron chi connectivity index (χ4n) is 3.07. The number of methoxy groups -OCH3 is 1. The van der Waals surface area contributed by atoms with Crippen molar-refractivity contribution in [3.05, 3.63) is 58.1 Å². The quantitative estimate of drug-likeness (QED) is 0.651. The van der Waals surface area contributed by atoms with Gasteiger partial charge in [0.05, 0.1) is 30.1 Å². The molecule has 0 aliphatic carbocycles. The summed E-state index contributed by atoms with van der Waals surface area (Å²) in [5.74, 6) is -0.394. The minimum absolute atomic E-state index is 0.487. The van der Waals surface area contributed by atoms with Gasteiger partial charge in [0.2, 0.25) is 0 Å². The predicted molar refractivity (Wildman–Crippen MR) is 100 cm³/mol. The summed E-state index contributed by atoms with van der Waals surface area (Å²) in [4.78, 5) is 12.1. The van der Waals surface area contributed by atoms with Gasteiger partial charge < -0.3 is 14.6 Å². The van der Waals surface area contributed by atoms with E-state index in [-0.39, 0.29) is 0 Å². The molecule has 1 atom stereocenters.